The summed E-state index contributed by atoms with van der Waals surface area (Å²) in [5.74, 6) is 1.17. The van der Waals surface area contributed by atoms with Crippen molar-refractivity contribution in [3.8, 4) is 17.1 Å². The second-order valence-electron chi connectivity index (χ2n) is 6.33. The lowest BCUT2D eigenvalue weighted by atomic mass is 10.1. The highest BCUT2D eigenvalue weighted by Crippen LogP contribution is 2.34. The molecule has 0 bridgehead atoms. The zero-order valence-corrected chi connectivity index (χ0v) is 16.7. The number of esters is 1. The highest BCUT2D eigenvalue weighted by molar-refractivity contribution is 6.43. The molecule has 0 aliphatic heterocycles. The molecule has 0 radical (unpaired) electrons. The predicted molar refractivity (Wildman–Crippen MR) is 113 cm³/mol. The monoisotopic (exact) mass is 426 g/mol. The van der Waals surface area contributed by atoms with E-state index < -0.39 is 5.97 Å². The van der Waals surface area contributed by atoms with Gasteiger partial charge in [-0.25, -0.2) is 4.79 Å². The van der Waals surface area contributed by atoms with Gasteiger partial charge in [-0.15, -0.1) is 0 Å². The normalized spacial score (nSPS) is 10.8. The second-order valence-corrected chi connectivity index (χ2v) is 7.11. The van der Waals surface area contributed by atoms with E-state index in [0.29, 0.717) is 32.9 Å². The minimum atomic E-state index is -0.489. The Labute approximate surface area is 177 Å². The third kappa shape index (κ3) is 4.56. The summed E-state index contributed by atoms with van der Waals surface area (Å²) in [6, 6.07) is 22.4. The van der Waals surface area contributed by atoms with Crippen LogP contribution >= 0.6 is 23.2 Å². The average Bonchev–Trinajstić information content (AvgIpc) is 3.21. The highest BCUT2D eigenvalue weighted by atomic mass is 35.5. The quantitative estimate of drug-likeness (QED) is 0.329. The molecule has 29 heavy (non-hydrogen) atoms. The molecular weight excluding hydrogens is 411 g/mol. The number of carbonyl (C=O) groups is 1. The number of hydrogen-bond donors (Lipinski definition) is 0. The zero-order valence-electron chi connectivity index (χ0n) is 15.2. The third-order valence-electron chi connectivity index (χ3n) is 4.33. The maximum absolute atomic E-state index is 12.0. The fourth-order valence-corrected chi connectivity index (χ4v) is 3.28. The maximum Gasteiger partial charge on any atom is 0.344 e. The molecule has 0 saturated heterocycles. The molecule has 0 aliphatic carbocycles. The van der Waals surface area contributed by atoms with Crippen molar-refractivity contribution in [2.24, 2.45) is 0 Å². The Balaban J connectivity index is 1.32. The molecule has 3 aromatic carbocycles. The summed E-state index contributed by atoms with van der Waals surface area (Å²) in [5, 5.41) is 3.01. The molecule has 1 aromatic heterocycles. The molecule has 0 N–H and O–H groups in total. The first-order valence-corrected chi connectivity index (χ1v) is 9.66. The third-order valence-corrected chi connectivity index (χ3v) is 5.15. The van der Waals surface area contributed by atoms with Gasteiger partial charge in [-0.3, -0.25) is 0 Å². The molecule has 146 valence electrons. The minimum Gasteiger partial charge on any atom is -0.482 e. The molecule has 6 heteroatoms. The molecule has 0 unspecified atom stereocenters. The van der Waals surface area contributed by atoms with Gasteiger partial charge in [0.25, 0.3) is 0 Å². The van der Waals surface area contributed by atoms with Gasteiger partial charge in [0.15, 0.2) is 6.61 Å². The van der Waals surface area contributed by atoms with Crippen molar-refractivity contribution in [1.29, 1.82) is 0 Å². The molecule has 4 aromatic rings. The van der Waals surface area contributed by atoms with Crippen molar-refractivity contribution in [2.75, 3.05) is 6.61 Å². The van der Waals surface area contributed by atoms with E-state index in [-0.39, 0.29) is 13.2 Å². The van der Waals surface area contributed by atoms with Crippen LogP contribution in [0.15, 0.2) is 77.2 Å². The van der Waals surface area contributed by atoms with Gasteiger partial charge in [0.05, 0.1) is 10.0 Å². The predicted octanol–water partition coefficient (Wildman–Crippen LogP) is 6.53. The van der Waals surface area contributed by atoms with E-state index in [4.69, 9.17) is 37.1 Å². The van der Waals surface area contributed by atoms with Gasteiger partial charge in [0, 0.05) is 5.56 Å². The van der Waals surface area contributed by atoms with Crippen LogP contribution in [0, 0.1) is 0 Å². The van der Waals surface area contributed by atoms with Gasteiger partial charge < -0.3 is 13.9 Å². The summed E-state index contributed by atoms with van der Waals surface area (Å²) in [4.78, 5) is 12.0. The van der Waals surface area contributed by atoms with Gasteiger partial charge in [-0.05, 0) is 47.2 Å². The fourth-order valence-electron chi connectivity index (χ4n) is 2.89. The van der Waals surface area contributed by atoms with Gasteiger partial charge in [0.1, 0.15) is 23.9 Å². The van der Waals surface area contributed by atoms with E-state index in [1.165, 1.54) is 0 Å². The molecule has 0 aliphatic rings. The van der Waals surface area contributed by atoms with E-state index in [1.54, 1.807) is 30.3 Å². The Bertz CT molecular complexity index is 1170. The van der Waals surface area contributed by atoms with Crippen LogP contribution in [0.2, 0.25) is 10.0 Å². The Hall–Kier alpha value is -2.95. The second kappa shape index (κ2) is 8.60. The number of ether oxygens (including phenoxy) is 2. The number of carbonyl (C=O) groups excluding carboxylic acids is 1. The molecule has 0 spiro atoms. The summed E-state index contributed by atoms with van der Waals surface area (Å²) in [6.07, 6.45) is 0. The zero-order chi connectivity index (χ0) is 20.2. The van der Waals surface area contributed by atoms with Crippen LogP contribution in [0.5, 0.6) is 5.75 Å². The number of fused-ring (bicyclic) bond motifs is 1. The first kappa shape index (κ1) is 19.4. The summed E-state index contributed by atoms with van der Waals surface area (Å²) in [7, 11) is 0. The van der Waals surface area contributed by atoms with Gasteiger partial charge in [-0.1, -0.05) is 59.6 Å². The van der Waals surface area contributed by atoms with Crippen molar-refractivity contribution in [2.45, 2.75) is 6.61 Å². The SMILES string of the molecule is O=C(COc1ccc2ccccc2c1)OCc1ccc(-c2cccc(Cl)c2Cl)o1. The Morgan fingerprint density at radius 1 is 0.897 bits per heavy atom. The van der Waals surface area contributed by atoms with Crippen LogP contribution in [-0.4, -0.2) is 12.6 Å². The first-order valence-electron chi connectivity index (χ1n) is 8.90. The largest absolute Gasteiger partial charge is 0.482 e. The smallest absolute Gasteiger partial charge is 0.344 e. The summed E-state index contributed by atoms with van der Waals surface area (Å²) in [5.41, 5.74) is 0.677. The van der Waals surface area contributed by atoms with Crippen LogP contribution in [0.1, 0.15) is 5.76 Å². The standard InChI is InChI=1S/C23H16Cl2O4/c24-20-7-3-6-19(23(20)25)21-11-10-18(29-21)13-28-22(26)14-27-17-9-8-15-4-1-2-5-16(15)12-17/h1-12H,13-14H2. The van der Waals surface area contributed by atoms with E-state index >= 15 is 0 Å². The van der Waals surface area contributed by atoms with Crippen molar-refractivity contribution in [3.63, 3.8) is 0 Å². The van der Waals surface area contributed by atoms with E-state index in [0.717, 1.165) is 10.8 Å². The van der Waals surface area contributed by atoms with Crippen LogP contribution in [0.4, 0.5) is 0 Å². The Kier molecular flexibility index (Phi) is 5.74. The minimum absolute atomic E-state index is 0.00189. The fraction of sp³-hybridized carbons (Fsp3) is 0.0870. The Morgan fingerprint density at radius 3 is 2.59 bits per heavy atom. The van der Waals surface area contributed by atoms with Gasteiger partial charge in [0.2, 0.25) is 0 Å². The first-order chi connectivity index (χ1) is 14.1. The molecule has 0 atom stereocenters. The van der Waals surface area contributed by atoms with Crippen LogP contribution < -0.4 is 4.74 Å². The van der Waals surface area contributed by atoms with Crippen molar-refractivity contribution >= 4 is 39.9 Å². The van der Waals surface area contributed by atoms with Crippen LogP contribution in [0.3, 0.4) is 0 Å². The number of benzene rings is 3. The summed E-state index contributed by atoms with van der Waals surface area (Å²) >= 11 is 12.2. The maximum atomic E-state index is 12.0. The molecule has 1 heterocycles. The molecule has 4 rings (SSSR count). The lowest BCUT2D eigenvalue weighted by molar-refractivity contribution is -0.147. The summed E-state index contributed by atoms with van der Waals surface area (Å²) < 4.78 is 16.5. The number of rotatable bonds is 6. The van der Waals surface area contributed by atoms with Crippen molar-refractivity contribution < 1.29 is 18.7 Å². The van der Waals surface area contributed by atoms with Crippen molar-refractivity contribution in [1.82, 2.24) is 0 Å². The summed E-state index contributed by atoms with van der Waals surface area (Å²) in [6.45, 7) is -0.190. The number of hydrogen-bond acceptors (Lipinski definition) is 4. The highest BCUT2D eigenvalue weighted by Gasteiger charge is 2.12. The molecule has 0 saturated carbocycles. The lowest BCUT2D eigenvalue weighted by Crippen LogP contribution is -2.14. The van der Waals surface area contributed by atoms with E-state index in [2.05, 4.69) is 0 Å². The van der Waals surface area contributed by atoms with E-state index in [1.807, 2.05) is 42.5 Å². The lowest BCUT2D eigenvalue weighted by Gasteiger charge is -2.07. The molecular formula is C23H16Cl2O4. The van der Waals surface area contributed by atoms with Gasteiger partial charge in [-0.2, -0.15) is 0 Å². The van der Waals surface area contributed by atoms with Crippen molar-refractivity contribution in [3.05, 3.63) is 88.6 Å². The molecule has 0 fully saturated rings. The average molecular weight is 427 g/mol. The molecule has 4 nitrogen and oxygen atoms in total. The molecule has 0 amide bonds. The van der Waals surface area contributed by atoms with Gasteiger partial charge >= 0.3 is 5.97 Å². The van der Waals surface area contributed by atoms with Crippen LogP contribution in [-0.2, 0) is 16.1 Å². The van der Waals surface area contributed by atoms with E-state index in [9.17, 15) is 4.79 Å². The number of halogens is 2. The topological polar surface area (TPSA) is 48.7 Å². The Morgan fingerprint density at radius 2 is 1.72 bits per heavy atom. The number of furan rings is 1. The van der Waals surface area contributed by atoms with Crippen LogP contribution in [0.25, 0.3) is 22.1 Å².